The third-order valence-corrected chi connectivity index (χ3v) is 4.50. The molecular formula is C18H20N2O3. The van der Waals surface area contributed by atoms with E-state index in [1.54, 1.807) is 0 Å². The van der Waals surface area contributed by atoms with E-state index in [1.807, 2.05) is 43.3 Å². The van der Waals surface area contributed by atoms with Crippen molar-refractivity contribution < 1.29 is 14.4 Å². The van der Waals surface area contributed by atoms with Crippen molar-refractivity contribution in [3.05, 3.63) is 42.0 Å². The van der Waals surface area contributed by atoms with Crippen molar-refractivity contribution in [2.45, 2.75) is 26.2 Å². The fourth-order valence-electron chi connectivity index (χ4n) is 3.16. The zero-order chi connectivity index (χ0) is 16.4. The number of carbonyl (C=O) groups is 3. The van der Waals surface area contributed by atoms with Crippen LogP contribution < -0.4 is 5.32 Å². The summed E-state index contributed by atoms with van der Waals surface area (Å²) in [7, 11) is 0. The lowest BCUT2D eigenvalue weighted by Crippen LogP contribution is -2.34. The lowest BCUT2D eigenvalue weighted by molar-refractivity contribution is -0.140. The van der Waals surface area contributed by atoms with Gasteiger partial charge < -0.3 is 5.32 Å². The molecule has 0 bridgehead atoms. The van der Waals surface area contributed by atoms with Crippen molar-refractivity contribution in [1.29, 1.82) is 0 Å². The molecule has 1 N–H and O–H groups in total. The van der Waals surface area contributed by atoms with Crippen molar-refractivity contribution in [2.75, 3.05) is 11.9 Å². The topological polar surface area (TPSA) is 66.5 Å². The average Bonchev–Trinajstić information content (AvgIpc) is 2.80. The first kappa shape index (κ1) is 15.5. The molecule has 1 aromatic carbocycles. The summed E-state index contributed by atoms with van der Waals surface area (Å²) in [5, 5.41) is 2.78. The van der Waals surface area contributed by atoms with Gasteiger partial charge in [0.2, 0.25) is 17.7 Å². The van der Waals surface area contributed by atoms with Crippen LogP contribution >= 0.6 is 0 Å². The Hall–Kier alpha value is -2.43. The highest BCUT2D eigenvalue weighted by Crippen LogP contribution is 2.34. The molecule has 2 atom stereocenters. The van der Waals surface area contributed by atoms with Crippen molar-refractivity contribution in [3.63, 3.8) is 0 Å². The highest BCUT2D eigenvalue weighted by molar-refractivity contribution is 6.05. The molecule has 5 heteroatoms. The van der Waals surface area contributed by atoms with E-state index in [2.05, 4.69) is 5.32 Å². The Morgan fingerprint density at radius 3 is 2.22 bits per heavy atom. The van der Waals surface area contributed by atoms with E-state index in [0.29, 0.717) is 12.8 Å². The molecule has 2 aliphatic rings. The number of allylic oxidation sites excluding steroid dienone is 2. The van der Waals surface area contributed by atoms with Gasteiger partial charge in [-0.2, -0.15) is 0 Å². The predicted octanol–water partition coefficient (Wildman–Crippen LogP) is 2.27. The van der Waals surface area contributed by atoms with E-state index < -0.39 is 0 Å². The van der Waals surface area contributed by atoms with Gasteiger partial charge in [0.05, 0.1) is 11.8 Å². The summed E-state index contributed by atoms with van der Waals surface area (Å²) in [6, 6.07) is 7.50. The Morgan fingerprint density at radius 2 is 1.65 bits per heavy atom. The predicted molar refractivity (Wildman–Crippen MR) is 86.5 cm³/mol. The van der Waals surface area contributed by atoms with E-state index in [1.165, 1.54) is 4.90 Å². The lowest BCUT2D eigenvalue weighted by Gasteiger charge is -2.14. The normalized spacial score (nSPS) is 23.1. The molecule has 0 saturated carbocycles. The smallest absolute Gasteiger partial charge is 0.233 e. The number of carbonyl (C=O) groups excluding carboxylic acids is 3. The van der Waals surface area contributed by atoms with E-state index >= 15 is 0 Å². The molecule has 0 aromatic heterocycles. The van der Waals surface area contributed by atoms with Gasteiger partial charge in [0.15, 0.2) is 0 Å². The summed E-state index contributed by atoms with van der Waals surface area (Å²) in [6.07, 6.45) is 5.29. The Morgan fingerprint density at radius 1 is 1.09 bits per heavy atom. The van der Waals surface area contributed by atoms with Gasteiger partial charge in [-0.1, -0.05) is 29.8 Å². The van der Waals surface area contributed by atoms with Gasteiger partial charge in [-0.3, -0.25) is 19.3 Å². The zero-order valence-electron chi connectivity index (χ0n) is 13.1. The van der Waals surface area contributed by atoms with E-state index in [9.17, 15) is 14.4 Å². The highest BCUT2D eigenvalue weighted by Gasteiger charge is 2.46. The molecule has 1 fully saturated rings. The monoisotopic (exact) mass is 312 g/mol. The summed E-state index contributed by atoms with van der Waals surface area (Å²) < 4.78 is 0. The minimum atomic E-state index is -0.229. The molecule has 0 radical (unpaired) electrons. The molecule has 1 saturated heterocycles. The van der Waals surface area contributed by atoms with Crippen LogP contribution in [0.15, 0.2) is 36.4 Å². The van der Waals surface area contributed by atoms with Crippen LogP contribution in [-0.4, -0.2) is 29.2 Å². The van der Waals surface area contributed by atoms with E-state index in [4.69, 9.17) is 0 Å². The molecule has 120 valence electrons. The maximum atomic E-state index is 12.3. The number of hydrogen-bond acceptors (Lipinski definition) is 3. The number of hydrogen-bond donors (Lipinski definition) is 1. The van der Waals surface area contributed by atoms with Crippen LogP contribution in [0.1, 0.15) is 24.8 Å². The van der Waals surface area contributed by atoms with E-state index in [-0.39, 0.29) is 42.5 Å². The van der Waals surface area contributed by atoms with Gasteiger partial charge in [-0.05, 0) is 31.9 Å². The van der Waals surface area contributed by atoms with Gasteiger partial charge >= 0.3 is 0 Å². The number of nitrogens with zero attached hydrogens (tertiary/aromatic N) is 1. The second-order valence-electron chi connectivity index (χ2n) is 6.15. The van der Waals surface area contributed by atoms with Gasteiger partial charge in [0.25, 0.3) is 0 Å². The molecule has 3 amide bonds. The average molecular weight is 312 g/mol. The molecule has 5 nitrogen and oxygen atoms in total. The molecule has 0 spiro atoms. The maximum Gasteiger partial charge on any atom is 0.233 e. The summed E-state index contributed by atoms with van der Waals surface area (Å²) in [5.41, 5.74) is 1.84. The molecule has 3 rings (SSSR count). The molecular weight excluding hydrogens is 292 g/mol. The van der Waals surface area contributed by atoms with Crippen molar-refractivity contribution in [1.82, 2.24) is 4.90 Å². The molecule has 1 aliphatic heterocycles. The van der Waals surface area contributed by atoms with Crippen molar-refractivity contribution in [2.24, 2.45) is 11.8 Å². The summed E-state index contributed by atoms with van der Waals surface area (Å²) in [6.45, 7) is 2.13. The first-order chi connectivity index (χ1) is 11.1. The van der Waals surface area contributed by atoms with Crippen LogP contribution in [0.4, 0.5) is 5.69 Å². The molecule has 0 unspecified atom stereocenters. The summed E-state index contributed by atoms with van der Waals surface area (Å²) in [4.78, 5) is 37.9. The number of fused-ring (bicyclic) bond motifs is 1. The molecule has 1 heterocycles. The van der Waals surface area contributed by atoms with Crippen LogP contribution in [-0.2, 0) is 14.4 Å². The number of rotatable bonds is 4. The highest BCUT2D eigenvalue weighted by atomic mass is 16.2. The molecule has 1 aliphatic carbocycles. The minimum absolute atomic E-state index is 0.123. The number of aryl methyl sites for hydroxylation is 1. The maximum absolute atomic E-state index is 12.3. The van der Waals surface area contributed by atoms with Crippen LogP contribution in [0.3, 0.4) is 0 Å². The standard InChI is InChI=1S/C18H20N2O3/c1-12-6-8-13(9-7-12)19-16(21)10-11-20-17(22)14-4-2-3-5-15(14)18(20)23/h2-3,6-9,14-15H,4-5,10-11H2,1H3,(H,19,21)/t14-,15-/m1/s1. The number of anilines is 1. The Kier molecular flexibility index (Phi) is 4.28. The number of benzene rings is 1. The summed E-state index contributed by atoms with van der Waals surface area (Å²) in [5.74, 6) is -0.914. The van der Waals surface area contributed by atoms with Gasteiger partial charge in [-0.25, -0.2) is 0 Å². The van der Waals surface area contributed by atoms with Crippen molar-refractivity contribution >= 4 is 23.4 Å². The van der Waals surface area contributed by atoms with Crippen molar-refractivity contribution in [3.8, 4) is 0 Å². The van der Waals surface area contributed by atoms with Crippen LogP contribution in [0.2, 0.25) is 0 Å². The number of amides is 3. The SMILES string of the molecule is Cc1ccc(NC(=O)CCN2C(=O)[C@@H]3CC=CC[C@H]3C2=O)cc1. The first-order valence-corrected chi connectivity index (χ1v) is 7.93. The largest absolute Gasteiger partial charge is 0.326 e. The summed E-state index contributed by atoms with van der Waals surface area (Å²) >= 11 is 0. The number of imide groups is 1. The lowest BCUT2D eigenvalue weighted by atomic mass is 9.85. The zero-order valence-corrected chi connectivity index (χ0v) is 13.1. The van der Waals surface area contributed by atoms with Crippen LogP contribution in [0.25, 0.3) is 0 Å². The second kappa shape index (κ2) is 6.36. The number of likely N-dealkylation sites (tertiary alicyclic amines) is 1. The van der Waals surface area contributed by atoms with Crippen LogP contribution in [0, 0.1) is 18.8 Å². The fourth-order valence-corrected chi connectivity index (χ4v) is 3.16. The Labute approximate surface area is 135 Å². The van der Waals surface area contributed by atoms with Gasteiger partial charge in [0.1, 0.15) is 0 Å². The third-order valence-electron chi connectivity index (χ3n) is 4.50. The molecule has 23 heavy (non-hydrogen) atoms. The second-order valence-corrected chi connectivity index (χ2v) is 6.15. The fraction of sp³-hybridized carbons (Fsp3) is 0.389. The minimum Gasteiger partial charge on any atom is -0.326 e. The number of nitrogens with one attached hydrogen (secondary N) is 1. The Balaban J connectivity index is 1.56. The Bertz CT molecular complexity index is 637. The van der Waals surface area contributed by atoms with Gasteiger partial charge in [-0.15, -0.1) is 0 Å². The van der Waals surface area contributed by atoms with Crippen LogP contribution in [0.5, 0.6) is 0 Å². The third kappa shape index (κ3) is 3.18. The quantitative estimate of drug-likeness (QED) is 0.685. The van der Waals surface area contributed by atoms with E-state index in [0.717, 1.165) is 11.3 Å². The van der Waals surface area contributed by atoms with Gasteiger partial charge in [0, 0.05) is 18.7 Å². The molecule has 1 aromatic rings. The first-order valence-electron chi connectivity index (χ1n) is 7.93.